The Hall–Kier alpha value is -1.93. The molecule has 2 amide bonds. The molecule has 0 aliphatic heterocycles. The highest BCUT2D eigenvalue weighted by Crippen LogP contribution is 2.26. The number of ether oxygens (including phenoxy) is 1. The summed E-state index contributed by atoms with van der Waals surface area (Å²) in [6, 6.07) is -0.682. The van der Waals surface area contributed by atoms with Gasteiger partial charge >= 0.3 is 6.03 Å². The molecule has 0 fully saturated rings. The Morgan fingerprint density at radius 2 is 2.15 bits per heavy atom. The van der Waals surface area contributed by atoms with Crippen LogP contribution < -0.4 is 26.9 Å². The van der Waals surface area contributed by atoms with Gasteiger partial charge in [0.15, 0.2) is 11.6 Å². The van der Waals surface area contributed by atoms with Crippen LogP contribution in [0.2, 0.25) is 0 Å². The minimum Gasteiger partial charge on any atom is -0.488 e. The molecular formula is C12H22N6O2. The lowest BCUT2D eigenvalue weighted by atomic mass is 10.2. The van der Waals surface area contributed by atoms with Gasteiger partial charge in [-0.1, -0.05) is 26.2 Å². The zero-order valence-corrected chi connectivity index (χ0v) is 11.9. The SMILES string of the molecule is CCCCCCOc1c(C)ncnc1N(N)C(=O)NN. The Morgan fingerprint density at radius 1 is 1.40 bits per heavy atom. The van der Waals surface area contributed by atoms with Gasteiger partial charge in [-0.15, -0.1) is 0 Å². The number of nitrogens with zero attached hydrogens (tertiary/aromatic N) is 3. The fourth-order valence-corrected chi connectivity index (χ4v) is 1.66. The minimum atomic E-state index is -0.682. The third-order valence-electron chi connectivity index (χ3n) is 2.78. The van der Waals surface area contributed by atoms with Gasteiger partial charge in [-0.2, -0.15) is 0 Å². The molecule has 0 spiro atoms. The number of rotatable bonds is 7. The first kappa shape index (κ1) is 16.1. The number of nitrogens with one attached hydrogen (secondary N) is 1. The normalized spacial score (nSPS) is 10.2. The number of urea groups is 1. The molecule has 1 heterocycles. The van der Waals surface area contributed by atoms with E-state index in [1.165, 1.54) is 12.7 Å². The Bertz CT molecular complexity index is 440. The fraction of sp³-hybridized carbons (Fsp3) is 0.583. The molecule has 8 nitrogen and oxygen atoms in total. The van der Waals surface area contributed by atoms with Gasteiger partial charge in [-0.05, 0) is 13.3 Å². The van der Waals surface area contributed by atoms with E-state index in [9.17, 15) is 4.79 Å². The van der Waals surface area contributed by atoms with Crippen molar-refractivity contribution in [2.75, 3.05) is 11.6 Å². The van der Waals surface area contributed by atoms with Crippen molar-refractivity contribution in [1.82, 2.24) is 15.4 Å². The van der Waals surface area contributed by atoms with Crippen LogP contribution in [0.3, 0.4) is 0 Å². The predicted octanol–water partition coefficient (Wildman–Crippen LogP) is 1.01. The maximum Gasteiger partial charge on any atom is 0.351 e. The molecule has 0 aliphatic rings. The van der Waals surface area contributed by atoms with Gasteiger partial charge in [0.05, 0.1) is 12.3 Å². The number of hydrogen-bond acceptors (Lipinski definition) is 6. The number of aromatic nitrogens is 2. The summed E-state index contributed by atoms with van der Waals surface area (Å²) in [5.41, 5.74) is 2.56. The van der Waals surface area contributed by atoms with E-state index in [4.69, 9.17) is 16.4 Å². The van der Waals surface area contributed by atoms with Crippen LogP contribution in [0.5, 0.6) is 5.75 Å². The van der Waals surface area contributed by atoms with Gasteiger partial charge in [-0.3, -0.25) is 5.43 Å². The quantitative estimate of drug-likeness (QED) is 0.297. The predicted molar refractivity (Wildman–Crippen MR) is 75.8 cm³/mol. The Labute approximate surface area is 118 Å². The highest BCUT2D eigenvalue weighted by Gasteiger charge is 2.19. The third-order valence-corrected chi connectivity index (χ3v) is 2.78. The van der Waals surface area contributed by atoms with Crippen molar-refractivity contribution in [2.24, 2.45) is 11.7 Å². The molecule has 20 heavy (non-hydrogen) atoms. The molecule has 1 rings (SSSR count). The molecule has 0 saturated heterocycles. The number of aryl methyl sites for hydroxylation is 1. The van der Waals surface area contributed by atoms with E-state index in [-0.39, 0.29) is 5.82 Å². The first-order valence-corrected chi connectivity index (χ1v) is 6.61. The van der Waals surface area contributed by atoms with Crippen molar-refractivity contribution in [3.8, 4) is 5.75 Å². The van der Waals surface area contributed by atoms with Crippen molar-refractivity contribution >= 4 is 11.8 Å². The molecule has 0 atom stereocenters. The summed E-state index contributed by atoms with van der Waals surface area (Å²) in [6.07, 6.45) is 5.66. The van der Waals surface area contributed by atoms with E-state index in [2.05, 4.69) is 16.9 Å². The van der Waals surface area contributed by atoms with Crippen LogP contribution in [0.25, 0.3) is 0 Å². The van der Waals surface area contributed by atoms with Crippen LogP contribution >= 0.6 is 0 Å². The van der Waals surface area contributed by atoms with Gasteiger partial charge in [0.2, 0.25) is 0 Å². The standard InChI is InChI=1S/C12H22N6O2/c1-3-4-5-6-7-20-10-9(2)15-8-16-11(10)18(14)12(19)17-13/h8H,3-7,13-14H2,1-2H3,(H,17,19). The zero-order chi connectivity index (χ0) is 15.0. The molecular weight excluding hydrogens is 260 g/mol. The maximum absolute atomic E-state index is 11.4. The van der Waals surface area contributed by atoms with Crippen LogP contribution in [0.1, 0.15) is 38.3 Å². The lowest BCUT2D eigenvalue weighted by molar-refractivity contribution is 0.245. The van der Waals surface area contributed by atoms with Crippen molar-refractivity contribution in [1.29, 1.82) is 0 Å². The molecule has 5 N–H and O–H groups in total. The van der Waals surface area contributed by atoms with Gasteiger partial charge in [-0.25, -0.2) is 31.5 Å². The molecule has 0 bridgehead atoms. The van der Waals surface area contributed by atoms with Gasteiger partial charge in [0.25, 0.3) is 0 Å². The van der Waals surface area contributed by atoms with Gasteiger partial charge in [0.1, 0.15) is 6.33 Å². The molecule has 8 heteroatoms. The van der Waals surface area contributed by atoms with Crippen LogP contribution in [0.4, 0.5) is 10.6 Å². The zero-order valence-electron chi connectivity index (χ0n) is 11.9. The van der Waals surface area contributed by atoms with Crippen LogP contribution in [0.15, 0.2) is 6.33 Å². The van der Waals surface area contributed by atoms with Crippen molar-refractivity contribution in [3.63, 3.8) is 0 Å². The Balaban J connectivity index is 2.75. The number of carbonyl (C=O) groups excluding carboxylic acids is 1. The second-order valence-corrected chi connectivity index (χ2v) is 4.34. The van der Waals surface area contributed by atoms with Gasteiger partial charge in [0, 0.05) is 0 Å². The lowest BCUT2D eigenvalue weighted by Crippen LogP contribution is -2.48. The first-order valence-electron chi connectivity index (χ1n) is 6.61. The molecule has 0 aromatic carbocycles. The number of hydrogen-bond donors (Lipinski definition) is 3. The summed E-state index contributed by atoms with van der Waals surface area (Å²) in [5.74, 6) is 11.3. The summed E-state index contributed by atoms with van der Waals surface area (Å²) in [5, 5.41) is 0.802. The summed E-state index contributed by atoms with van der Waals surface area (Å²) in [7, 11) is 0. The second-order valence-electron chi connectivity index (χ2n) is 4.34. The summed E-state index contributed by atoms with van der Waals surface area (Å²) in [4.78, 5) is 19.5. The van der Waals surface area contributed by atoms with E-state index in [0.29, 0.717) is 18.1 Å². The van der Waals surface area contributed by atoms with E-state index in [1.54, 1.807) is 6.92 Å². The number of carbonyl (C=O) groups is 1. The van der Waals surface area contributed by atoms with E-state index in [1.807, 2.05) is 5.43 Å². The Morgan fingerprint density at radius 3 is 2.80 bits per heavy atom. The number of nitrogens with two attached hydrogens (primary N) is 2. The largest absolute Gasteiger partial charge is 0.488 e. The minimum absolute atomic E-state index is 0.191. The molecule has 0 radical (unpaired) electrons. The molecule has 112 valence electrons. The van der Waals surface area contributed by atoms with E-state index < -0.39 is 6.03 Å². The molecule has 1 aromatic rings. The second kappa shape index (κ2) is 8.28. The van der Waals surface area contributed by atoms with Crippen LogP contribution in [-0.2, 0) is 0 Å². The van der Waals surface area contributed by atoms with Crippen LogP contribution in [-0.4, -0.2) is 22.6 Å². The van der Waals surface area contributed by atoms with E-state index in [0.717, 1.165) is 24.3 Å². The summed E-state index contributed by atoms with van der Waals surface area (Å²) < 4.78 is 5.66. The first-order chi connectivity index (χ1) is 9.61. The maximum atomic E-state index is 11.4. The van der Waals surface area contributed by atoms with Gasteiger partial charge < -0.3 is 4.74 Å². The summed E-state index contributed by atoms with van der Waals surface area (Å²) >= 11 is 0. The lowest BCUT2D eigenvalue weighted by Gasteiger charge is -2.19. The fourth-order valence-electron chi connectivity index (χ4n) is 1.66. The molecule has 0 saturated carbocycles. The number of anilines is 1. The average Bonchev–Trinajstić information content (AvgIpc) is 2.46. The molecule has 0 aliphatic carbocycles. The van der Waals surface area contributed by atoms with Crippen molar-refractivity contribution < 1.29 is 9.53 Å². The highest BCUT2D eigenvalue weighted by molar-refractivity contribution is 5.90. The monoisotopic (exact) mass is 282 g/mol. The smallest absolute Gasteiger partial charge is 0.351 e. The third kappa shape index (κ3) is 4.32. The Kier molecular flexibility index (Phi) is 6.68. The summed E-state index contributed by atoms with van der Waals surface area (Å²) in [6.45, 7) is 4.44. The topological polar surface area (TPSA) is 119 Å². The number of amides is 2. The molecule has 0 unspecified atom stereocenters. The molecule has 1 aromatic heterocycles. The average molecular weight is 282 g/mol. The van der Waals surface area contributed by atoms with Crippen molar-refractivity contribution in [3.05, 3.63) is 12.0 Å². The van der Waals surface area contributed by atoms with Crippen molar-refractivity contribution in [2.45, 2.75) is 39.5 Å². The number of hydrazine groups is 2. The van der Waals surface area contributed by atoms with Crippen LogP contribution in [0, 0.1) is 6.92 Å². The van der Waals surface area contributed by atoms with E-state index >= 15 is 0 Å². The number of unbranched alkanes of at least 4 members (excludes halogenated alkanes) is 3. The highest BCUT2D eigenvalue weighted by atomic mass is 16.5.